The van der Waals surface area contributed by atoms with Gasteiger partial charge in [-0.3, -0.25) is 44.3 Å². The number of benzene rings is 3. The Hall–Kier alpha value is -9.84. The number of hydrogen-bond acceptors (Lipinski definition) is 12. The lowest BCUT2D eigenvalue weighted by molar-refractivity contribution is -0.130. The molecule has 0 bridgehead atoms. The molecular weight excluding hydrogens is 1100 g/mol. The van der Waals surface area contributed by atoms with Crippen molar-refractivity contribution in [2.45, 2.75) is 77.0 Å². The zero-order valence-corrected chi connectivity index (χ0v) is 48.9. The van der Waals surface area contributed by atoms with Crippen molar-refractivity contribution in [3.05, 3.63) is 232 Å². The van der Waals surface area contributed by atoms with Crippen LogP contribution in [0.25, 0.3) is 33.8 Å². The smallest absolute Gasteiger partial charge is 0.228 e. The van der Waals surface area contributed by atoms with E-state index >= 15 is 0 Å². The first-order valence-electron chi connectivity index (χ1n) is 29.1. The van der Waals surface area contributed by atoms with Gasteiger partial charge in [-0.25, -0.2) is 13.2 Å². The van der Waals surface area contributed by atoms with Crippen molar-refractivity contribution in [1.82, 2.24) is 44.6 Å². The first kappa shape index (κ1) is 60.3. The van der Waals surface area contributed by atoms with Crippen LogP contribution in [0.2, 0.25) is 0 Å². The molecule has 3 aliphatic rings. The number of nitrogen functional groups attached to an aromatic ring is 3. The maximum Gasteiger partial charge on any atom is 0.228 e. The SMILES string of the molecule is Cc1cc(F)ccc1-c1ccc(N)c(CC(=O)N2CCC(c3ccccn3)C2)n1.Cc1cc(F)ccc1-c1ccc(N)c(CC(=O)N2CCC(c3cccnc3)C2)n1.Cc1cc(F)ccc1-c1ccc(N)c(CC(=O)N2CCC(c3ccncc3)C2)n1. The highest BCUT2D eigenvalue weighted by atomic mass is 19.1. The summed E-state index contributed by atoms with van der Waals surface area (Å²) < 4.78 is 40.2. The number of pyridine rings is 6. The second-order valence-electron chi connectivity index (χ2n) is 22.4. The number of anilines is 3. The normalized spacial score (nSPS) is 16.2. The first-order valence-corrected chi connectivity index (χ1v) is 29.1. The largest absolute Gasteiger partial charge is 0.397 e. The molecule has 9 heterocycles. The van der Waals surface area contributed by atoms with E-state index in [4.69, 9.17) is 17.2 Å². The van der Waals surface area contributed by atoms with Gasteiger partial charge in [0.05, 0.1) is 70.5 Å². The topological polar surface area (TPSA) is 216 Å². The molecule has 3 fully saturated rings. The predicted octanol–water partition coefficient (Wildman–Crippen LogP) is 11.2. The summed E-state index contributed by atoms with van der Waals surface area (Å²) in [6.07, 6.45) is 12.2. The monoisotopic (exact) mass is 1170 g/mol. The van der Waals surface area contributed by atoms with Gasteiger partial charge >= 0.3 is 0 Å². The number of amides is 3. The number of halogens is 3. The van der Waals surface area contributed by atoms with E-state index in [1.54, 1.807) is 79.4 Å². The molecule has 3 aliphatic heterocycles. The average Bonchev–Trinajstić information content (AvgIpc) is 3.95. The number of hydrogen-bond donors (Lipinski definition) is 3. The van der Waals surface area contributed by atoms with E-state index in [0.717, 1.165) is 77.0 Å². The van der Waals surface area contributed by atoms with Crippen molar-refractivity contribution in [3.63, 3.8) is 0 Å². The number of carbonyl (C=O) groups is 3. The lowest BCUT2D eigenvalue weighted by Gasteiger charge is -2.17. The van der Waals surface area contributed by atoms with Crippen LogP contribution in [0.3, 0.4) is 0 Å². The summed E-state index contributed by atoms with van der Waals surface area (Å²) in [6, 6.07) is 38.3. The van der Waals surface area contributed by atoms with Crippen molar-refractivity contribution in [2.24, 2.45) is 0 Å². The summed E-state index contributed by atoms with van der Waals surface area (Å²) in [5.74, 6) is 0.107. The first-order chi connectivity index (χ1) is 42.0. The molecule has 12 rings (SSSR count). The second-order valence-corrected chi connectivity index (χ2v) is 22.4. The van der Waals surface area contributed by atoms with Crippen LogP contribution in [0.1, 0.15) is 87.6 Å². The average molecular weight is 1170 g/mol. The molecule has 9 aromatic rings. The van der Waals surface area contributed by atoms with E-state index in [1.807, 2.05) is 78.1 Å². The lowest BCUT2D eigenvalue weighted by Crippen LogP contribution is -2.30. The van der Waals surface area contributed by atoms with E-state index in [-0.39, 0.29) is 60.4 Å². The Morgan fingerprint density at radius 2 is 0.862 bits per heavy atom. The molecule has 0 spiro atoms. The molecule has 0 aliphatic carbocycles. The molecule has 3 amide bonds. The van der Waals surface area contributed by atoms with E-state index in [1.165, 1.54) is 42.0 Å². The van der Waals surface area contributed by atoms with Gasteiger partial charge in [-0.15, -0.1) is 0 Å². The number of aryl methyl sites for hydroxylation is 3. The van der Waals surface area contributed by atoms with Crippen molar-refractivity contribution < 1.29 is 27.6 Å². The zero-order chi connectivity index (χ0) is 61.1. The number of nitrogens with two attached hydrogens (primary N) is 3. The predicted molar refractivity (Wildman–Crippen MR) is 332 cm³/mol. The van der Waals surface area contributed by atoms with E-state index in [9.17, 15) is 27.6 Å². The highest BCUT2D eigenvalue weighted by Crippen LogP contribution is 2.33. The van der Waals surface area contributed by atoms with Gasteiger partial charge < -0.3 is 31.9 Å². The molecule has 0 radical (unpaired) electrons. The van der Waals surface area contributed by atoms with Gasteiger partial charge in [0, 0.05) is 110 Å². The minimum atomic E-state index is -0.284. The van der Waals surface area contributed by atoms with Crippen LogP contribution in [0.15, 0.2) is 164 Å². The fraction of sp³-hybridized carbons (Fsp3) is 0.261. The van der Waals surface area contributed by atoms with Crippen LogP contribution >= 0.6 is 0 Å². The molecular formula is C69H69F3N12O3. The summed E-state index contributed by atoms with van der Waals surface area (Å²) in [6.45, 7) is 9.69. The molecule has 18 heteroatoms. The number of rotatable bonds is 12. The zero-order valence-electron chi connectivity index (χ0n) is 48.9. The molecule has 3 saturated heterocycles. The third-order valence-corrected chi connectivity index (χ3v) is 16.4. The third-order valence-electron chi connectivity index (χ3n) is 16.4. The fourth-order valence-electron chi connectivity index (χ4n) is 11.5. The number of nitrogens with zero attached hydrogens (tertiary/aromatic N) is 9. The Bertz CT molecular complexity index is 3520. The van der Waals surface area contributed by atoms with Gasteiger partial charge in [-0.1, -0.05) is 12.1 Å². The fourth-order valence-corrected chi connectivity index (χ4v) is 11.5. The Morgan fingerprint density at radius 3 is 1.25 bits per heavy atom. The van der Waals surface area contributed by atoms with Crippen LogP contribution in [0.5, 0.6) is 0 Å². The Morgan fingerprint density at radius 1 is 0.448 bits per heavy atom. The number of likely N-dealkylation sites (tertiary alicyclic amines) is 3. The van der Waals surface area contributed by atoms with Crippen molar-refractivity contribution in [3.8, 4) is 33.8 Å². The summed E-state index contributed by atoms with van der Waals surface area (Å²) in [4.78, 5) is 70.7. The molecule has 444 valence electrons. The second kappa shape index (κ2) is 27.5. The van der Waals surface area contributed by atoms with Gasteiger partial charge in [0.2, 0.25) is 17.7 Å². The minimum Gasteiger partial charge on any atom is -0.397 e. The van der Waals surface area contributed by atoms with Crippen LogP contribution in [0.4, 0.5) is 30.2 Å². The third kappa shape index (κ3) is 15.0. The van der Waals surface area contributed by atoms with Gasteiger partial charge in [-0.05, 0) is 189 Å². The molecule has 6 N–H and O–H groups in total. The summed E-state index contributed by atoms with van der Waals surface area (Å²) >= 11 is 0. The van der Waals surface area contributed by atoms with E-state index in [2.05, 4.69) is 36.0 Å². The lowest BCUT2D eigenvalue weighted by atomic mass is 10.00. The van der Waals surface area contributed by atoms with Crippen molar-refractivity contribution in [1.29, 1.82) is 0 Å². The molecule has 15 nitrogen and oxygen atoms in total. The molecule has 3 atom stereocenters. The quantitative estimate of drug-likeness (QED) is 0.104. The summed E-state index contributed by atoms with van der Waals surface area (Å²) in [7, 11) is 0. The molecule has 6 aromatic heterocycles. The van der Waals surface area contributed by atoms with E-state index < -0.39 is 0 Å². The number of carbonyl (C=O) groups excluding carboxylic acids is 3. The Labute approximate surface area is 504 Å². The van der Waals surface area contributed by atoms with Gasteiger partial charge in [0.25, 0.3) is 0 Å². The van der Waals surface area contributed by atoms with Gasteiger partial charge in [-0.2, -0.15) is 0 Å². The highest BCUT2D eigenvalue weighted by Gasteiger charge is 2.31. The number of aromatic nitrogens is 6. The standard InChI is InChI=1S/3C23H23FN4O/c1-15-12-18(24)2-3-19(15)21-5-4-20(25)22(27-21)13-23(29)28-11-8-17(14-28)16-6-9-26-10-7-16;1-15-11-18(24)4-5-19(15)21-7-6-20(25)22(27-21)12-23(29)28-10-8-17(14-28)16-3-2-9-26-13-16;1-15-12-17(24)5-6-18(15)21-8-7-19(25)22(27-21)13-23(29)28-11-9-16(14-28)20-4-2-3-10-26-20/h2-7,9-10,12,17H,8,11,13-14,25H2,1H3;2-7,9,11,13,17H,8,10,12,14,25H2,1H3;2-8,10,12,16H,9,11,13-14,25H2,1H3. The van der Waals surface area contributed by atoms with Gasteiger partial charge in [0.15, 0.2) is 0 Å². The van der Waals surface area contributed by atoms with Gasteiger partial charge in [0.1, 0.15) is 17.5 Å². The van der Waals surface area contributed by atoms with Crippen LogP contribution in [-0.4, -0.2) is 102 Å². The maximum absolute atomic E-state index is 13.4. The Balaban J connectivity index is 0.000000144. The van der Waals surface area contributed by atoms with Crippen LogP contribution in [0, 0.1) is 38.2 Å². The Kier molecular flexibility index (Phi) is 19.0. The summed E-state index contributed by atoms with van der Waals surface area (Å²) in [5.41, 5.74) is 31.7. The molecule has 87 heavy (non-hydrogen) atoms. The highest BCUT2D eigenvalue weighted by molar-refractivity contribution is 5.82. The maximum atomic E-state index is 13.4. The van der Waals surface area contributed by atoms with Crippen molar-refractivity contribution in [2.75, 3.05) is 56.5 Å². The van der Waals surface area contributed by atoms with Crippen LogP contribution < -0.4 is 17.2 Å². The molecule has 0 saturated carbocycles. The molecule has 3 unspecified atom stereocenters. The summed E-state index contributed by atoms with van der Waals surface area (Å²) in [5, 5.41) is 0. The van der Waals surface area contributed by atoms with Crippen molar-refractivity contribution >= 4 is 34.8 Å². The van der Waals surface area contributed by atoms with Crippen LogP contribution in [-0.2, 0) is 33.6 Å². The minimum absolute atomic E-state index is 0.00982. The van der Waals surface area contributed by atoms with E-state index in [0.29, 0.717) is 89.2 Å². The molecule has 3 aromatic carbocycles.